The van der Waals surface area contributed by atoms with Crippen molar-refractivity contribution >= 4 is 59.1 Å². The Balaban J connectivity index is 1.59. The van der Waals surface area contributed by atoms with E-state index in [2.05, 4.69) is 0 Å². The summed E-state index contributed by atoms with van der Waals surface area (Å²) >= 11 is 0. The van der Waals surface area contributed by atoms with Crippen molar-refractivity contribution in [3.8, 4) is 0 Å². The summed E-state index contributed by atoms with van der Waals surface area (Å²) in [7, 11) is -13.0. The van der Waals surface area contributed by atoms with Gasteiger partial charge in [0.15, 0.2) is 5.71 Å². The van der Waals surface area contributed by atoms with E-state index >= 15 is 0 Å². The van der Waals surface area contributed by atoms with Crippen LogP contribution in [0.15, 0.2) is 75.5 Å². The molecule has 0 spiro atoms. The van der Waals surface area contributed by atoms with Gasteiger partial charge in [0.25, 0.3) is 30.4 Å². The van der Waals surface area contributed by atoms with Crippen molar-refractivity contribution in [1.29, 1.82) is 0 Å². The maximum Gasteiger partial charge on any atom is 0.303 e. The third-order valence-corrected chi connectivity index (χ3v) is 11.8. The minimum Gasteiger partial charge on any atom is -0.481 e. The number of hydrogen-bond acceptors (Lipinski definition) is 8. The highest BCUT2D eigenvalue weighted by atomic mass is 32.2. The molecule has 16 heteroatoms. The maximum atomic E-state index is 11.9. The molecule has 2 aliphatic heterocycles. The third-order valence-electron chi connectivity index (χ3n) is 9.33. The Bertz CT molecular complexity index is 2120. The van der Waals surface area contributed by atoms with Gasteiger partial charge in [-0.15, -0.1) is 0 Å². The SMILES string of the molecule is CC1(C)C(/C=C/C=C/CC2=Nc3ccc(S(=O)(=O)O)cc3C2(C)CCCCCC(=O)O)=[N+](CCCCS(=O)(=O)O)c2ccc(S(=O)(=O)O)cc21. The molecule has 2 aromatic rings. The first-order valence-corrected chi connectivity index (χ1v) is 20.6. The smallest absolute Gasteiger partial charge is 0.303 e. The Morgan fingerprint density at radius 1 is 0.820 bits per heavy atom. The van der Waals surface area contributed by atoms with Gasteiger partial charge < -0.3 is 5.11 Å². The van der Waals surface area contributed by atoms with Crippen LogP contribution in [-0.4, -0.2) is 78.3 Å². The van der Waals surface area contributed by atoms with Crippen LogP contribution < -0.4 is 0 Å². The number of carboxylic acid groups (broad SMARTS) is 1. The van der Waals surface area contributed by atoms with E-state index in [-0.39, 0.29) is 22.6 Å². The Morgan fingerprint density at radius 3 is 2.08 bits per heavy atom. The second-order valence-corrected chi connectivity index (χ2v) is 17.7. The molecule has 0 aliphatic carbocycles. The van der Waals surface area contributed by atoms with E-state index in [1.165, 1.54) is 24.3 Å². The van der Waals surface area contributed by atoms with Gasteiger partial charge in [-0.1, -0.05) is 38.0 Å². The molecule has 0 aromatic heterocycles. The number of carbonyl (C=O) groups is 1. The zero-order valence-electron chi connectivity index (χ0n) is 28.1. The Hall–Kier alpha value is -3.54. The zero-order valence-corrected chi connectivity index (χ0v) is 30.6. The molecule has 4 rings (SSSR count). The number of hydrogen-bond donors (Lipinski definition) is 4. The van der Waals surface area contributed by atoms with Gasteiger partial charge in [-0.05, 0) is 69.0 Å². The third kappa shape index (κ3) is 9.22. The lowest BCUT2D eigenvalue weighted by Crippen LogP contribution is -2.29. The highest BCUT2D eigenvalue weighted by Crippen LogP contribution is 2.46. The largest absolute Gasteiger partial charge is 0.481 e. The number of aliphatic imine (C=N–C) groups is 1. The summed E-state index contributed by atoms with van der Waals surface area (Å²) in [5.74, 6) is -1.26. The number of allylic oxidation sites excluding steroid dienone is 4. The Morgan fingerprint density at radius 2 is 1.46 bits per heavy atom. The molecule has 2 aromatic carbocycles. The van der Waals surface area contributed by atoms with Crippen LogP contribution in [0.1, 0.15) is 83.3 Å². The van der Waals surface area contributed by atoms with E-state index < -0.39 is 52.9 Å². The van der Waals surface area contributed by atoms with Crippen molar-refractivity contribution in [1.82, 2.24) is 0 Å². The van der Waals surface area contributed by atoms with E-state index in [1.807, 2.05) is 49.7 Å². The van der Waals surface area contributed by atoms with Gasteiger partial charge in [-0.2, -0.15) is 29.8 Å². The van der Waals surface area contributed by atoms with E-state index in [4.69, 9.17) is 14.7 Å². The number of nitrogens with zero attached hydrogens (tertiary/aromatic N) is 2. The standard InChI is InChI=1S/C34H42N2O11S3/c1-33(2)27-23-25(50(45,46)47)16-18-29(27)36(20-10-11-21-48(39,40)41)31(33)13-7-4-6-12-30-34(3,19-9-5-8-14-32(37)38)26-22-24(49(42,43)44)15-17-28(26)35-30/h4,6-7,13,15-18,22-23H,5,8-12,14,19-21H2,1-3H3,(H3-,37,38,39,40,41,42,43,44,45,46,47)/p+1/b6-4+,13-7+. The number of benzene rings is 2. The van der Waals surface area contributed by atoms with Crippen LogP contribution in [0.5, 0.6) is 0 Å². The Labute approximate surface area is 293 Å². The van der Waals surface area contributed by atoms with Gasteiger partial charge >= 0.3 is 5.97 Å². The zero-order chi connectivity index (χ0) is 37.1. The summed E-state index contributed by atoms with van der Waals surface area (Å²) in [6.45, 7) is 6.16. The van der Waals surface area contributed by atoms with E-state index in [9.17, 15) is 39.2 Å². The summed E-state index contributed by atoms with van der Waals surface area (Å²) in [6, 6.07) is 8.65. The molecule has 13 nitrogen and oxygen atoms in total. The van der Waals surface area contributed by atoms with Gasteiger partial charge in [-0.25, -0.2) is 0 Å². The second-order valence-electron chi connectivity index (χ2n) is 13.3. The highest BCUT2D eigenvalue weighted by Gasteiger charge is 2.45. The average molecular weight is 752 g/mol. The van der Waals surface area contributed by atoms with Crippen molar-refractivity contribution in [2.45, 2.75) is 92.8 Å². The molecule has 1 atom stereocenters. The molecule has 0 saturated carbocycles. The first-order chi connectivity index (χ1) is 23.1. The fourth-order valence-electron chi connectivity index (χ4n) is 6.64. The van der Waals surface area contributed by atoms with Crippen LogP contribution >= 0.6 is 0 Å². The molecule has 0 bridgehead atoms. The summed E-state index contributed by atoms with van der Waals surface area (Å²) in [6.07, 6.45) is 10.9. The number of carboxylic acids is 1. The highest BCUT2D eigenvalue weighted by molar-refractivity contribution is 7.86. The molecule has 4 N–H and O–H groups in total. The minimum absolute atomic E-state index is 0.0564. The first kappa shape index (κ1) is 39.2. The predicted octanol–water partition coefficient (Wildman–Crippen LogP) is 5.81. The number of aliphatic carboxylic acids is 1. The lowest BCUT2D eigenvalue weighted by molar-refractivity contribution is -0.438. The van der Waals surface area contributed by atoms with Crippen molar-refractivity contribution in [2.75, 3.05) is 12.3 Å². The van der Waals surface area contributed by atoms with Crippen molar-refractivity contribution in [3.05, 3.63) is 71.8 Å². The van der Waals surface area contributed by atoms with E-state index in [1.54, 1.807) is 12.1 Å². The van der Waals surface area contributed by atoms with Gasteiger partial charge in [0.05, 0.1) is 26.6 Å². The summed E-state index contributed by atoms with van der Waals surface area (Å²) in [5.41, 5.74) is 2.84. The lowest BCUT2D eigenvalue weighted by atomic mass is 9.74. The van der Waals surface area contributed by atoms with Crippen LogP contribution in [-0.2, 0) is 46.0 Å². The topological polar surface area (TPSA) is 216 Å². The summed E-state index contributed by atoms with van der Waals surface area (Å²) in [5, 5.41) is 8.99. The molecule has 2 aliphatic rings. The molecule has 50 heavy (non-hydrogen) atoms. The van der Waals surface area contributed by atoms with Crippen LogP contribution in [0, 0.1) is 0 Å². The Kier molecular flexibility index (Phi) is 11.8. The molecule has 0 amide bonds. The summed E-state index contributed by atoms with van der Waals surface area (Å²) < 4.78 is 101. The van der Waals surface area contributed by atoms with Crippen LogP contribution in [0.3, 0.4) is 0 Å². The van der Waals surface area contributed by atoms with Gasteiger partial charge in [0, 0.05) is 48.1 Å². The van der Waals surface area contributed by atoms with Crippen molar-refractivity contribution in [2.24, 2.45) is 4.99 Å². The predicted molar refractivity (Wildman–Crippen MR) is 189 cm³/mol. The first-order valence-electron chi connectivity index (χ1n) is 16.1. The quantitative estimate of drug-likeness (QED) is 0.0655. The number of unbranched alkanes of at least 4 members (excludes halogenated alkanes) is 3. The van der Waals surface area contributed by atoms with Crippen molar-refractivity contribution in [3.63, 3.8) is 0 Å². The summed E-state index contributed by atoms with van der Waals surface area (Å²) in [4.78, 5) is 15.3. The minimum atomic E-state index is -4.46. The molecular formula is C34H43N2O11S3+. The van der Waals surface area contributed by atoms with E-state index in [0.717, 1.165) is 11.4 Å². The van der Waals surface area contributed by atoms with Crippen LogP contribution in [0.2, 0.25) is 0 Å². The molecule has 0 fully saturated rings. The molecule has 1 unspecified atom stereocenters. The molecule has 0 saturated heterocycles. The van der Waals surface area contributed by atoms with Gasteiger partial charge in [0.2, 0.25) is 5.69 Å². The average Bonchev–Trinajstić information content (AvgIpc) is 3.39. The second kappa shape index (κ2) is 15.0. The molecular weight excluding hydrogens is 709 g/mol. The lowest BCUT2D eigenvalue weighted by Gasteiger charge is -2.28. The number of rotatable bonds is 17. The molecule has 0 radical (unpaired) electrons. The van der Waals surface area contributed by atoms with E-state index in [0.29, 0.717) is 67.6 Å². The molecule has 272 valence electrons. The normalized spacial score (nSPS) is 19.0. The molecule has 2 heterocycles. The monoisotopic (exact) mass is 751 g/mol. The number of fused-ring (bicyclic) bond motifs is 2. The van der Waals surface area contributed by atoms with Crippen LogP contribution in [0.25, 0.3) is 0 Å². The maximum absolute atomic E-state index is 11.9. The van der Waals surface area contributed by atoms with Crippen molar-refractivity contribution < 1.29 is 53.4 Å². The fraction of sp³-hybridized carbons (Fsp3) is 0.441. The van der Waals surface area contributed by atoms with Crippen LogP contribution in [0.4, 0.5) is 11.4 Å². The van der Waals surface area contributed by atoms with Gasteiger partial charge in [-0.3, -0.25) is 23.4 Å². The van der Waals surface area contributed by atoms with Gasteiger partial charge in [0.1, 0.15) is 6.54 Å². The fourth-order valence-corrected chi connectivity index (χ4v) is 8.22.